The molecule has 7 rings (SSSR count). The van der Waals surface area contributed by atoms with Crippen LogP contribution in [0.1, 0.15) is 163 Å². The molecule has 2 heterocycles. The van der Waals surface area contributed by atoms with Crippen LogP contribution in [0.25, 0.3) is 10.4 Å². The van der Waals surface area contributed by atoms with Gasteiger partial charge >= 0.3 is 29.6 Å². The lowest BCUT2D eigenvalue weighted by Crippen LogP contribution is -2.67. The molecule has 67 heavy (non-hydrogen) atoms. The number of hydrogen-bond acceptors (Lipinski definition) is 11. The molecule has 16 nitrogen and oxygen atoms in total. The van der Waals surface area contributed by atoms with Gasteiger partial charge in [-0.1, -0.05) is 51.9 Å². The highest BCUT2D eigenvalue weighted by Gasteiger charge is 2.71. The number of azide groups is 1. The maximum atomic E-state index is 13.4. The van der Waals surface area contributed by atoms with E-state index in [9.17, 15) is 33.9 Å². The number of allylic oxidation sites excluding steroid dienone is 1. The van der Waals surface area contributed by atoms with Crippen molar-refractivity contribution in [2.24, 2.45) is 67.2 Å². The van der Waals surface area contributed by atoms with E-state index < -0.39 is 52.9 Å². The number of rotatable bonds is 15. The monoisotopic (exact) mass is 934 g/mol. The fourth-order valence-corrected chi connectivity index (χ4v) is 15.3. The Balaban J connectivity index is 0.955. The molecule has 1 unspecified atom stereocenters. The number of carboxylic acids is 1. The number of nitrogens with one attached hydrogen (secondary N) is 1. The lowest BCUT2D eigenvalue weighted by Gasteiger charge is -2.73. The SMILES string of the molecule is C=C(C)[C@@H]1CC[C@]2(COC(=O)CCCC(=O)OC[C@H]3O[C@@H](n4cc(C)c(=O)[nH]c4=O)CC3N=[N+]=[N-])CC[C@]3(C)[C@H](CC[C@@H]4[C@@]5(C)CC[C@H](OC(=O)CC(C)(C)C(=O)O)C(C)(C)[C@@H]5CC[C@]43C)[C@@H]12. The number of fused-ring (bicyclic) bond motifs is 7. The molecule has 13 atom stereocenters. The van der Waals surface area contributed by atoms with Gasteiger partial charge in [0.25, 0.3) is 5.56 Å². The third-order valence-corrected chi connectivity index (χ3v) is 19.2. The summed E-state index contributed by atoms with van der Waals surface area (Å²) in [6.07, 6.45) is 9.92. The minimum atomic E-state index is -1.19. The number of carbonyl (C=O) groups is 4. The van der Waals surface area contributed by atoms with Crippen molar-refractivity contribution < 1.29 is 43.2 Å². The summed E-state index contributed by atoms with van der Waals surface area (Å²) >= 11 is 0. The van der Waals surface area contributed by atoms with Gasteiger partial charge < -0.3 is 24.1 Å². The zero-order valence-corrected chi connectivity index (χ0v) is 41.3. The van der Waals surface area contributed by atoms with Gasteiger partial charge in [0.1, 0.15) is 25.0 Å². The van der Waals surface area contributed by atoms with Crippen LogP contribution in [0.3, 0.4) is 0 Å². The number of carboxylic acid groups (broad SMARTS) is 1. The van der Waals surface area contributed by atoms with E-state index in [1.54, 1.807) is 20.8 Å². The van der Waals surface area contributed by atoms with Crippen molar-refractivity contribution in [3.05, 3.63) is 55.2 Å². The second-order valence-corrected chi connectivity index (χ2v) is 23.6. The van der Waals surface area contributed by atoms with Crippen molar-refractivity contribution >= 4 is 23.9 Å². The van der Waals surface area contributed by atoms with E-state index in [-0.39, 0.29) is 77.9 Å². The first kappa shape index (κ1) is 50.4. The second-order valence-electron chi connectivity index (χ2n) is 23.6. The van der Waals surface area contributed by atoms with Gasteiger partial charge in [-0.2, -0.15) is 0 Å². The molecule has 5 aliphatic carbocycles. The van der Waals surface area contributed by atoms with Crippen LogP contribution < -0.4 is 11.2 Å². The van der Waals surface area contributed by atoms with Gasteiger partial charge in [0.2, 0.25) is 0 Å². The Labute approximate surface area is 394 Å². The number of esters is 3. The molecule has 1 aromatic rings. The Morgan fingerprint density at radius 3 is 2.31 bits per heavy atom. The molecule has 5 saturated carbocycles. The summed E-state index contributed by atoms with van der Waals surface area (Å²) < 4.78 is 25.0. The predicted octanol–water partition coefficient (Wildman–Crippen LogP) is 9.14. The van der Waals surface area contributed by atoms with Gasteiger partial charge in [0.05, 0.1) is 24.5 Å². The molecule has 1 saturated heterocycles. The highest BCUT2D eigenvalue weighted by Crippen LogP contribution is 2.77. The normalized spacial score (nSPS) is 37.4. The number of aliphatic carboxylic acids is 1. The molecular weight excluding hydrogens is 859 g/mol. The molecule has 0 aromatic carbocycles. The molecule has 370 valence electrons. The minimum absolute atomic E-state index is 0.0183. The highest BCUT2D eigenvalue weighted by atomic mass is 16.6. The predicted molar refractivity (Wildman–Crippen MR) is 248 cm³/mol. The number of aromatic amines is 1. The molecule has 0 amide bonds. The summed E-state index contributed by atoms with van der Waals surface area (Å²) in [6, 6.07) is -0.709. The van der Waals surface area contributed by atoms with Crippen molar-refractivity contribution in [2.75, 3.05) is 13.2 Å². The van der Waals surface area contributed by atoms with Crippen molar-refractivity contribution in [3.8, 4) is 0 Å². The van der Waals surface area contributed by atoms with Crippen LogP contribution in [-0.2, 0) is 38.1 Å². The number of H-pyrrole nitrogens is 1. The number of nitrogens with zero attached hydrogens (tertiary/aromatic N) is 4. The third kappa shape index (κ3) is 9.03. The smallest absolute Gasteiger partial charge is 0.330 e. The van der Waals surface area contributed by atoms with Crippen LogP contribution >= 0.6 is 0 Å². The topological polar surface area (TPSA) is 229 Å². The van der Waals surface area contributed by atoms with Crippen molar-refractivity contribution in [3.63, 3.8) is 0 Å². The Hall–Kier alpha value is -4.43. The number of aryl methyl sites for hydroxylation is 1. The summed E-state index contributed by atoms with van der Waals surface area (Å²) in [7, 11) is 0. The van der Waals surface area contributed by atoms with Crippen molar-refractivity contribution in [2.45, 2.75) is 183 Å². The molecule has 2 N–H and O–H groups in total. The molecule has 0 spiro atoms. The fourth-order valence-electron chi connectivity index (χ4n) is 15.3. The first-order valence-electron chi connectivity index (χ1n) is 24.7. The lowest BCUT2D eigenvalue weighted by atomic mass is 9.32. The largest absolute Gasteiger partial charge is 0.481 e. The summed E-state index contributed by atoms with van der Waals surface area (Å²) in [5, 5.41) is 13.4. The fraction of sp³-hybridized carbons (Fsp3) is 0.804. The van der Waals surface area contributed by atoms with Gasteiger partial charge in [0, 0.05) is 46.8 Å². The van der Waals surface area contributed by atoms with Crippen LogP contribution in [0, 0.1) is 69.0 Å². The van der Waals surface area contributed by atoms with Crippen LogP contribution in [-0.4, -0.2) is 70.0 Å². The summed E-state index contributed by atoms with van der Waals surface area (Å²) in [4.78, 5) is 80.7. The zero-order chi connectivity index (χ0) is 49.1. The van der Waals surface area contributed by atoms with E-state index in [0.717, 1.165) is 64.2 Å². The van der Waals surface area contributed by atoms with Crippen molar-refractivity contribution in [1.29, 1.82) is 0 Å². The number of hydrogen-bond donors (Lipinski definition) is 2. The van der Waals surface area contributed by atoms with Gasteiger partial charge in [0.15, 0.2) is 0 Å². The first-order chi connectivity index (χ1) is 31.3. The highest BCUT2D eigenvalue weighted by molar-refractivity contribution is 5.81. The van der Waals surface area contributed by atoms with Crippen LogP contribution in [0.2, 0.25) is 0 Å². The van der Waals surface area contributed by atoms with Crippen LogP contribution in [0.4, 0.5) is 0 Å². The van der Waals surface area contributed by atoms with Crippen LogP contribution in [0.5, 0.6) is 0 Å². The average molecular weight is 934 g/mol. The molecular formula is C51H75N5O11. The maximum absolute atomic E-state index is 13.4. The number of carbonyl (C=O) groups excluding carboxylic acids is 3. The van der Waals surface area contributed by atoms with Gasteiger partial charge in [-0.25, -0.2) is 4.79 Å². The molecule has 1 aromatic heterocycles. The maximum Gasteiger partial charge on any atom is 0.330 e. The molecule has 0 radical (unpaired) electrons. The molecule has 6 aliphatic rings. The van der Waals surface area contributed by atoms with E-state index in [4.69, 9.17) is 24.5 Å². The van der Waals surface area contributed by atoms with Gasteiger partial charge in [-0.3, -0.25) is 33.5 Å². The quantitative estimate of drug-likeness (QED) is 0.0421. The summed E-state index contributed by atoms with van der Waals surface area (Å²) in [5.41, 5.74) is 8.10. The van der Waals surface area contributed by atoms with Crippen molar-refractivity contribution in [1.82, 2.24) is 9.55 Å². The molecule has 16 heteroatoms. The Bertz CT molecular complexity index is 2300. The van der Waals surface area contributed by atoms with E-state index in [1.165, 1.54) is 16.3 Å². The zero-order valence-electron chi connectivity index (χ0n) is 41.3. The number of aromatic nitrogens is 2. The third-order valence-electron chi connectivity index (χ3n) is 19.2. The minimum Gasteiger partial charge on any atom is -0.481 e. The Morgan fingerprint density at radius 1 is 0.940 bits per heavy atom. The Kier molecular flexibility index (Phi) is 13.9. The van der Waals surface area contributed by atoms with Gasteiger partial charge in [-0.15, -0.1) is 0 Å². The molecule has 0 bridgehead atoms. The second kappa shape index (κ2) is 18.5. The van der Waals surface area contributed by atoms with Crippen LogP contribution in [0.15, 0.2) is 33.1 Å². The van der Waals surface area contributed by atoms with E-state index >= 15 is 0 Å². The first-order valence-corrected chi connectivity index (χ1v) is 24.7. The average Bonchev–Trinajstić information content (AvgIpc) is 3.84. The van der Waals surface area contributed by atoms with Gasteiger partial charge in [-0.05, 0) is 150 Å². The van der Waals surface area contributed by atoms with E-state index in [2.05, 4.69) is 63.1 Å². The standard InChI is InChI=1S/C51H75N5O11/c1-29(2)31-16-21-51(28-65-40(58)13-11-12-39(57)64-27-34-33(54-55-52)24-38(66-34)56-26-30(3)43(60)53-45(56)63)23-22-49(9)32(42(31)51)14-15-36-48(8)19-18-37(67-41(59)25-46(4,5)44(61)62)47(6,7)35(48)17-20-50(36,49)10/h26,31-38,42H,1,11-25,27-28H2,2-10H3,(H,61,62)(H,53,60,63)/t31-,32+,33?,34+,35-,36+,37-,38+,42+,48-,49+,50+,51+/m0/s1. The van der Waals surface area contributed by atoms with E-state index in [0.29, 0.717) is 41.8 Å². The summed E-state index contributed by atoms with van der Waals surface area (Å²) in [5.74, 6) is -0.327. The number of ether oxygens (including phenoxy) is 4. The lowest BCUT2D eigenvalue weighted by molar-refractivity contribution is -0.252. The Morgan fingerprint density at radius 2 is 1.64 bits per heavy atom. The molecule has 6 fully saturated rings. The summed E-state index contributed by atoms with van der Waals surface area (Å²) in [6.45, 7) is 23.7. The van der Waals surface area contributed by atoms with E-state index in [1.807, 2.05) is 0 Å². The molecule has 1 aliphatic heterocycles.